The number of carboxylic acid groups (broad SMARTS) is 1. The van der Waals surface area contributed by atoms with Crippen molar-refractivity contribution in [2.24, 2.45) is 0 Å². The molecule has 6 nitrogen and oxygen atoms in total. The van der Waals surface area contributed by atoms with E-state index in [1.54, 1.807) is 7.11 Å². The minimum atomic E-state index is -0.837. The Kier molecular flexibility index (Phi) is 7.93. The number of methoxy groups -OCH3 is 1. The average molecular weight is 426 g/mol. The van der Waals surface area contributed by atoms with Crippen LogP contribution in [0.25, 0.3) is 0 Å². The van der Waals surface area contributed by atoms with Gasteiger partial charge in [0.15, 0.2) is 11.5 Å². The molecule has 0 aliphatic carbocycles. The lowest BCUT2D eigenvalue weighted by Crippen LogP contribution is -2.39. The van der Waals surface area contributed by atoms with E-state index in [-0.39, 0.29) is 12.3 Å². The van der Waals surface area contributed by atoms with Gasteiger partial charge in [-0.05, 0) is 42.5 Å². The van der Waals surface area contributed by atoms with Crippen molar-refractivity contribution < 1.29 is 24.2 Å². The van der Waals surface area contributed by atoms with Crippen molar-refractivity contribution in [2.45, 2.75) is 45.4 Å². The molecule has 31 heavy (non-hydrogen) atoms. The molecule has 0 unspecified atom stereocenters. The van der Waals surface area contributed by atoms with Crippen LogP contribution in [0.4, 0.5) is 0 Å². The van der Waals surface area contributed by atoms with E-state index in [0.717, 1.165) is 48.8 Å². The Balaban J connectivity index is 1.66. The SMILES string of the molecule is CCCCCOc1c(OC)ccc2c1CCN(CCc1ccc(CC(=O)O)cc1)C2=O. The van der Waals surface area contributed by atoms with Gasteiger partial charge >= 0.3 is 5.97 Å². The number of fused-ring (bicyclic) bond motifs is 1. The van der Waals surface area contributed by atoms with Crippen molar-refractivity contribution in [1.82, 2.24) is 4.90 Å². The van der Waals surface area contributed by atoms with E-state index in [9.17, 15) is 9.59 Å². The highest BCUT2D eigenvalue weighted by molar-refractivity contribution is 5.98. The minimum Gasteiger partial charge on any atom is -0.493 e. The maximum absolute atomic E-state index is 13.1. The summed E-state index contributed by atoms with van der Waals surface area (Å²) in [7, 11) is 1.62. The number of carbonyl (C=O) groups is 2. The molecule has 1 heterocycles. The fraction of sp³-hybridized carbons (Fsp3) is 0.440. The number of hydrogen-bond donors (Lipinski definition) is 1. The lowest BCUT2D eigenvalue weighted by Gasteiger charge is -2.30. The Labute approximate surface area is 183 Å². The second kappa shape index (κ2) is 10.8. The minimum absolute atomic E-state index is 0.0183. The van der Waals surface area contributed by atoms with E-state index in [1.165, 1.54) is 0 Å². The Morgan fingerprint density at radius 1 is 1.10 bits per heavy atom. The molecule has 6 heteroatoms. The molecule has 0 radical (unpaired) electrons. The summed E-state index contributed by atoms with van der Waals surface area (Å²) in [6.07, 6.45) is 4.71. The third kappa shape index (κ3) is 5.78. The summed E-state index contributed by atoms with van der Waals surface area (Å²) in [5.74, 6) is 0.566. The Morgan fingerprint density at radius 2 is 1.84 bits per heavy atom. The van der Waals surface area contributed by atoms with Gasteiger partial charge in [0, 0.05) is 24.2 Å². The van der Waals surface area contributed by atoms with Crippen LogP contribution >= 0.6 is 0 Å². The molecular formula is C25H31NO5. The number of nitrogens with zero attached hydrogens (tertiary/aromatic N) is 1. The van der Waals surface area contributed by atoms with Crippen molar-refractivity contribution in [3.05, 3.63) is 58.7 Å². The molecule has 2 aromatic carbocycles. The number of aliphatic carboxylic acids is 1. The van der Waals surface area contributed by atoms with Crippen molar-refractivity contribution in [2.75, 3.05) is 26.8 Å². The van der Waals surface area contributed by atoms with Crippen LogP contribution in [0.1, 0.15) is 53.2 Å². The van der Waals surface area contributed by atoms with Gasteiger partial charge in [-0.25, -0.2) is 0 Å². The summed E-state index contributed by atoms with van der Waals surface area (Å²) in [6.45, 7) is 4.04. The van der Waals surface area contributed by atoms with Gasteiger partial charge in [0.25, 0.3) is 5.91 Å². The molecule has 0 bridgehead atoms. The van der Waals surface area contributed by atoms with Crippen LogP contribution in [0, 0.1) is 0 Å². The van der Waals surface area contributed by atoms with Crippen LogP contribution in [-0.2, 0) is 24.1 Å². The number of rotatable bonds is 11. The summed E-state index contributed by atoms with van der Waals surface area (Å²) < 4.78 is 11.5. The van der Waals surface area contributed by atoms with E-state index in [4.69, 9.17) is 14.6 Å². The molecule has 2 aromatic rings. The van der Waals surface area contributed by atoms with Gasteiger partial charge < -0.3 is 19.5 Å². The van der Waals surface area contributed by atoms with Crippen molar-refractivity contribution >= 4 is 11.9 Å². The first kappa shape index (κ1) is 22.7. The first-order chi connectivity index (χ1) is 15.0. The van der Waals surface area contributed by atoms with Gasteiger partial charge in [-0.3, -0.25) is 9.59 Å². The largest absolute Gasteiger partial charge is 0.493 e. The summed E-state index contributed by atoms with van der Waals surface area (Å²) in [6, 6.07) is 11.2. The summed E-state index contributed by atoms with van der Waals surface area (Å²) in [5, 5.41) is 8.88. The second-order valence-corrected chi connectivity index (χ2v) is 7.86. The first-order valence-corrected chi connectivity index (χ1v) is 10.9. The molecule has 3 rings (SSSR count). The number of carboxylic acids is 1. The van der Waals surface area contributed by atoms with Gasteiger partial charge in [-0.1, -0.05) is 44.0 Å². The van der Waals surface area contributed by atoms with Crippen molar-refractivity contribution in [3.8, 4) is 11.5 Å². The number of amides is 1. The van der Waals surface area contributed by atoms with Crippen molar-refractivity contribution in [1.29, 1.82) is 0 Å². The van der Waals surface area contributed by atoms with E-state index in [1.807, 2.05) is 41.3 Å². The van der Waals surface area contributed by atoms with Crippen LogP contribution in [0.3, 0.4) is 0 Å². The zero-order valence-corrected chi connectivity index (χ0v) is 18.4. The topological polar surface area (TPSA) is 76.1 Å². The zero-order chi connectivity index (χ0) is 22.2. The molecular weight excluding hydrogens is 394 g/mol. The van der Waals surface area contributed by atoms with Gasteiger partial charge in [-0.2, -0.15) is 0 Å². The molecule has 0 spiro atoms. The standard InChI is InChI=1S/C25H31NO5/c1-3-4-5-16-31-24-20-13-15-26(25(29)21(20)10-11-22(24)30-2)14-12-18-6-8-19(9-7-18)17-23(27)28/h6-11H,3-5,12-17H2,1-2H3,(H,27,28). The molecule has 0 fully saturated rings. The Bertz CT molecular complexity index is 907. The molecule has 1 amide bonds. The fourth-order valence-electron chi connectivity index (χ4n) is 3.89. The van der Waals surface area contributed by atoms with Gasteiger partial charge in [-0.15, -0.1) is 0 Å². The smallest absolute Gasteiger partial charge is 0.307 e. The van der Waals surface area contributed by atoms with Gasteiger partial charge in [0.1, 0.15) is 0 Å². The molecule has 166 valence electrons. The summed E-state index contributed by atoms with van der Waals surface area (Å²) in [4.78, 5) is 25.8. The Hall–Kier alpha value is -3.02. The lowest BCUT2D eigenvalue weighted by atomic mass is 9.96. The third-order valence-electron chi connectivity index (χ3n) is 5.64. The second-order valence-electron chi connectivity index (χ2n) is 7.86. The molecule has 1 aliphatic heterocycles. The van der Waals surface area contributed by atoms with Crippen LogP contribution in [-0.4, -0.2) is 48.7 Å². The highest BCUT2D eigenvalue weighted by Gasteiger charge is 2.28. The van der Waals surface area contributed by atoms with Crippen LogP contribution in [0.2, 0.25) is 0 Å². The van der Waals surface area contributed by atoms with Crippen LogP contribution < -0.4 is 9.47 Å². The first-order valence-electron chi connectivity index (χ1n) is 10.9. The number of carbonyl (C=O) groups excluding carboxylic acids is 1. The highest BCUT2D eigenvalue weighted by Crippen LogP contribution is 2.36. The summed E-state index contributed by atoms with van der Waals surface area (Å²) >= 11 is 0. The normalized spacial score (nSPS) is 13.1. The average Bonchev–Trinajstić information content (AvgIpc) is 2.77. The highest BCUT2D eigenvalue weighted by atomic mass is 16.5. The molecule has 1 aliphatic rings. The molecule has 1 N–H and O–H groups in total. The maximum Gasteiger partial charge on any atom is 0.307 e. The van der Waals surface area contributed by atoms with E-state index < -0.39 is 5.97 Å². The van der Waals surface area contributed by atoms with E-state index >= 15 is 0 Å². The van der Waals surface area contributed by atoms with E-state index in [2.05, 4.69) is 6.92 Å². The maximum atomic E-state index is 13.1. The number of ether oxygens (including phenoxy) is 2. The predicted molar refractivity (Wildman–Crippen MR) is 119 cm³/mol. The monoisotopic (exact) mass is 425 g/mol. The lowest BCUT2D eigenvalue weighted by molar-refractivity contribution is -0.136. The molecule has 0 aromatic heterocycles. The molecule has 0 saturated heterocycles. The number of benzene rings is 2. The molecule has 0 saturated carbocycles. The fourth-order valence-corrected chi connectivity index (χ4v) is 3.89. The third-order valence-corrected chi connectivity index (χ3v) is 5.64. The quantitative estimate of drug-likeness (QED) is 0.548. The van der Waals surface area contributed by atoms with Crippen LogP contribution in [0.15, 0.2) is 36.4 Å². The zero-order valence-electron chi connectivity index (χ0n) is 18.4. The summed E-state index contributed by atoms with van der Waals surface area (Å²) in [5.41, 5.74) is 3.49. The molecule has 0 atom stereocenters. The number of unbranched alkanes of at least 4 members (excludes halogenated alkanes) is 2. The Morgan fingerprint density at radius 3 is 2.52 bits per heavy atom. The van der Waals surface area contributed by atoms with Gasteiger partial charge in [0.05, 0.1) is 20.1 Å². The number of hydrogen-bond acceptors (Lipinski definition) is 4. The van der Waals surface area contributed by atoms with Gasteiger partial charge in [0.2, 0.25) is 0 Å². The predicted octanol–water partition coefficient (Wildman–Crippen LogP) is 4.13. The van der Waals surface area contributed by atoms with Crippen LogP contribution in [0.5, 0.6) is 11.5 Å². The van der Waals surface area contributed by atoms with Crippen molar-refractivity contribution in [3.63, 3.8) is 0 Å². The van der Waals surface area contributed by atoms with E-state index in [0.29, 0.717) is 36.8 Å².